The molecular formula is C23H24O4. The van der Waals surface area contributed by atoms with Crippen LogP contribution in [-0.4, -0.2) is 18.9 Å². The molecule has 4 heteroatoms. The maximum atomic E-state index is 12.7. The SMILES string of the molecule is O=Cc1ccc(-c2cccc(C(=O)OCC34CC5CC(CC(C5)C3)C4)c2)o1. The molecule has 0 unspecified atom stereocenters. The molecule has 0 spiro atoms. The van der Waals surface area contributed by atoms with Gasteiger partial charge in [0.1, 0.15) is 5.76 Å². The molecule has 4 aliphatic rings. The molecule has 0 radical (unpaired) electrons. The Kier molecular flexibility index (Phi) is 3.96. The second-order valence-corrected chi connectivity index (χ2v) is 8.89. The predicted octanol–water partition coefficient (Wildman–Crippen LogP) is 5.13. The number of esters is 1. The van der Waals surface area contributed by atoms with Crippen LogP contribution in [0, 0.1) is 23.2 Å². The first-order valence-electron chi connectivity index (χ1n) is 9.95. The quantitative estimate of drug-likeness (QED) is 0.545. The number of hydrogen-bond donors (Lipinski definition) is 0. The van der Waals surface area contributed by atoms with Crippen molar-refractivity contribution in [3.8, 4) is 11.3 Å². The van der Waals surface area contributed by atoms with E-state index in [4.69, 9.17) is 9.15 Å². The molecule has 1 aromatic carbocycles. The first-order valence-corrected chi connectivity index (χ1v) is 9.95. The largest absolute Gasteiger partial charge is 0.462 e. The highest BCUT2D eigenvalue weighted by Crippen LogP contribution is 2.60. The van der Waals surface area contributed by atoms with Crippen LogP contribution in [0.1, 0.15) is 59.4 Å². The van der Waals surface area contributed by atoms with Gasteiger partial charge in [0, 0.05) is 11.0 Å². The van der Waals surface area contributed by atoms with Crippen molar-refractivity contribution in [3.63, 3.8) is 0 Å². The van der Waals surface area contributed by atoms with Crippen LogP contribution in [0.5, 0.6) is 0 Å². The lowest BCUT2D eigenvalue weighted by molar-refractivity contribution is -0.0848. The van der Waals surface area contributed by atoms with Crippen LogP contribution in [0.2, 0.25) is 0 Å². The van der Waals surface area contributed by atoms with Crippen LogP contribution < -0.4 is 0 Å². The van der Waals surface area contributed by atoms with Gasteiger partial charge in [-0.3, -0.25) is 4.79 Å². The molecule has 0 aliphatic heterocycles. The van der Waals surface area contributed by atoms with Crippen molar-refractivity contribution < 1.29 is 18.7 Å². The standard InChI is InChI=1S/C23H24O4/c24-13-20-4-5-21(27-20)18-2-1-3-19(9-18)22(25)26-14-23-10-15-6-16(11-23)8-17(7-15)12-23/h1-5,9,13,15-17H,6-8,10-12,14H2. The van der Waals surface area contributed by atoms with Gasteiger partial charge in [-0.2, -0.15) is 0 Å². The van der Waals surface area contributed by atoms with Crippen molar-refractivity contribution in [2.45, 2.75) is 38.5 Å². The highest BCUT2D eigenvalue weighted by atomic mass is 16.5. The van der Waals surface area contributed by atoms with Crippen LogP contribution in [0.15, 0.2) is 40.8 Å². The molecule has 1 aromatic heterocycles. The third-order valence-corrected chi connectivity index (χ3v) is 6.80. The van der Waals surface area contributed by atoms with Gasteiger partial charge in [0.05, 0.1) is 12.2 Å². The first kappa shape index (κ1) is 16.8. The van der Waals surface area contributed by atoms with Crippen LogP contribution in [0.4, 0.5) is 0 Å². The van der Waals surface area contributed by atoms with E-state index in [1.165, 1.54) is 38.5 Å². The molecular weight excluding hydrogens is 340 g/mol. The zero-order chi connectivity index (χ0) is 18.4. The van der Waals surface area contributed by atoms with E-state index in [2.05, 4.69) is 0 Å². The lowest BCUT2D eigenvalue weighted by atomic mass is 9.50. The van der Waals surface area contributed by atoms with Crippen molar-refractivity contribution in [1.82, 2.24) is 0 Å². The number of ether oxygens (including phenoxy) is 1. The second kappa shape index (κ2) is 6.36. The Morgan fingerprint density at radius 1 is 1.07 bits per heavy atom. The lowest BCUT2D eigenvalue weighted by Crippen LogP contribution is -2.48. The molecule has 2 aromatic rings. The van der Waals surface area contributed by atoms with E-state index in [1.54, 1.807) is 24.3 Å². The Labute approximate surface area is 158 Å². The molecule has 1 heterocycles. The van der Waals surface area contributed by atoms with Crippen molar-refractivity contribution in [1.29, 1.82) is 0 Å². The Hall–Kier alpha value is -2.36. The van der Waals surface area contributed by atoms with Gasteiger partial charge in [-0.05, 0) is 80.5 Å². The zero-order valence-electron chi connectivity index (χ0n) is 15.4. The number of benzene rings is 1. The van der Waals surface area contributed by atoms with E-state index in [-0.39, 0.29) is 17.1 Å². The van der Waals surface area contributed by atoms with Gasteiger partial charge in [0.15, 0.2) is 12.0 Å². The summed E-state index contributed by atoms with van der Waals surface area (Å²) in [7, 11) is 0. The molecule has 4 aliphatic carbocycles. The number of furan rings is 1. The number of rotatable bonds is 5. The number of aldehydes is 1. The summed E-state index contributed by atoms with van der Waals surface area (Å²) in [6, 6.07) is 10.6. The van der Waals surface area contributed by atoms with Gasteiger partial charge in [-0.1, -0.05) is 12.1 Å². The summed E-state index contributed by atoms with van der Waals surface area (Å²) in [5, 5.41) is 0. The molecule has 140 valence electrons. The summed E-state index contributed by atoms with van der Waals surface area (Å²) in [6.45, 7) is 0.551. The molecule has 0 atom stereocenters. The van der Waals surface area contributed by atoms with Gasteiger partial charge in [-0.25, -0.2) is 4.79 Å². The van der Waals surface area contributed by atoms with Crippen molar-refractivity contribution in [3.05, 3.63) is 47.7 Å². The van der Waals surface area contributed by atoms with Crippen molar-refractivity contribution in [2.75, 3.05) is 6.61 Å². The highest BCUT2D eigenvalue weighted by Gasteiger charge is 2.51. The number of hydrogen-bond acceptors (Lipinski definition) is 4. The summed E-state index contributed by atoms with van der Waals surface area (Å²) in [5.74, 6) is 3.14. The molecule has 27 heavy (non-hydrogen) atoms. The van der Waals surface area contributed by atoms with Gasteiger partial charge < -0.3 is 9.15 Å². The molecule has 4 fully saturated rings. The molecule has 0 N–H and O–H groups in total. The molecule has 0 amide bonds. The maximum absolute atomic E-state index is 12.7. The van der Waals surface area contributed by atoms with Crippen LogP contribution >= 0.6 is 0 Å². The topological polar surface area (TPSA) is 56.5 Å². The number of carbonyl (C=O) groups is 2. The molecule has 6 rings (SSSR count). The van der Waals surface area contributed by atoms with Crippen molar-refractivity contribution in [2.24, 2.45) is 23.2 Å². The van der Waals surface area contributed by atoms with Gasteiger partial charge in [0.25, 0.3) is 0 Å². The van der Waals surface area contributed by atoms with Crippen LogP contribution in [0.25, 0.3) is 11.3 Å². The molecule has 4 bridgehead atoms. The van der Waals surface area contributed by atoms with Gasteiger partial charge >= 0.3 is 5.97 Å². The van der Waals surface area contributed by atoms with Gasteiger partial charge in [-0.15, -0.1) is 0 Å². The summed E-state index contributed by atoms with van der Waals surface area (Å²) in [6.07, 6.45) is 8.53. The van der Waals surface area contributed by atoms with E-state index >= 15 is 0 Å². The average Bonchev–Trinajstić information content (AvgIpc) is 3.15. The summed E-state index contributed by atoms with van der Waals surface area (Å²) >= 11 is 0. The Morgan fingerprint density at radius 3 is 2.41 bits per heavy atom. The zero-order valence-corrected chi connectivity index (χ0v) is 15.4. The summed E-state index contributed by atoms with van der Waals surface area (Å²) in [5.41, 5.74) is 1.52. The lowest BCUT2D eigenvalue weighted by Gasteiger charge is -2.56. The molecule has 4 saturated carbocycles. The Morgan fingerprint density at radius 2 is 1.78 bits per heavy atom. The summed E-state index contributed by atoms with van der Waals surface area (Å²) in [4.78, 5) is 23.5. The average molecular weight is 364 g/mol. The third kappa shape index (κ3) is 3.11. The highest BCUT2D eigenvalue weighted by molar-refractivity contribution is 5.91. The smallest absolute Gasteiger partial charge is 0.338 e. The van der Waals surface area contributed by atoms with E-state index < -0.39 is 0 Å². The molecule has 4 nitrogen and oxygen atoms in total. The van der Waals surface area contributed by atoms with Crippen molar-refractivity contribution >= 4 is 12.3 Å². The normalized spacial score (nSPS) is 31.0. The van der Waals surface area contributed by atoms with E-state index in [0.717, 1.165) is 23.3 Å². The fourth-order valence-electron chi connectivity index (χ4n) is 6.14. The van der Waals surface area contributed by atoms with E-state index in [1.807, 2.05) is 12.1 Å². The van der Waals surface area contributed by atoms with Gasteiger partial charge in [0.2, 0.25) is 0 Å². The maximum Gasteiger partial charge on any atom is 0.338 e. The monoisotopic (exact) mass is 364 g/mol. The summed E-state index contributed by atoms with van der Waals surface area (Å²) < 4.78 is 11.3. The Balaban J connectivity index is 1.29. The minimum atomic E-state index is -0.269. The van der Waals surface area contributed by atoms with E-state index in [9.17, 15) is 9.59 Å². The fourth-order valence-corrected chi connectivity index (χ4v) is 6.14. The van der Waals surface area contributed by atoms with E-state index in [0.29, 0.717) is 24.2 Å². The number of carbonyl (C=O) groups excluding carboxylic acids is 2. The van der Waals surface area contributed by atoms with Crippen LogP contribution in [0.3, 0.4) is 0 Å². The van der Waals surface area contributed by atoms with Crippen LogP contribution in [-0.2, 0) is 4.74 Å². The minimum absolute atomic E-state index is 0.224. The first-order chi connectivity index (χ1) is 13.1. The third-order valence-electron chi connectivity index (χ3n) is 6.80. The second-order valence-electron chi connectivity index (χ2n) is 8.89. The molecule has 0 saturated heterocycles. The Bertz CT molecular complexity index is 843. The predicted molar refractivity (Wildman–Crippen MR) is 100 cm³/mol. The minimum Gasteiger partial charge on any atom is -0.462 e. The fraction of sp³-hybridized carbons (Fsp3) is 0.478.